The lowest BCUT2D eigenvalue weighted by atomic mass is 10.1. The molecule has 0 fully saturated rings. The maximum absolute atomic E-state index is 13.1. The van der Waals surface area contributed by atoms with Crippen LogP contribution < -0.4 is 0 Å². The van der Waals surface area contributed by atoms with E-state index in [1.165, 1.54) is 12.1 Å². The molecule has 3 aromatic rings. The average molecular weight is 370 g/mol. The molecule has 1 aromatic carbocycles. The number of hydrogen-bond acceptors (Lipinski definition) is 4. The molecule has 1 atom stereocenters. The molecule has 0 aliphatic carbocycles. The van der Waals surface area contributed by atoms with E-state index in [2.05, 4.69) is 0 Å². The predicted molar refractivity (Wildman–Crippen MR) is 99.1 cm³/mol. The molecular formula is C21H23FN2O3. The normalized spacial score (nSPS) is 12.3. The van der Waals surface area contributed by atoms with E-state index in [1.54, 1.807) is 36.6 Å². The van der Waals surface area contributed by atoms with Gasteiger partial charge in [-0.25, -0.2) is 4.39 Å². The average Bonchev–Trinajstić information content (AvgIpc) is 3.35. The highest BCUT2D eigenvalue weighted by Crippen LogP contribution is 2.20. The molecule has 0 aliphatic rings. The van der Waals surface area contributed by atoms with Crippen molar-refractivity contribution in [3.05, 3.63) is 84.0 Å². The Hall–Kier alpha value is -2.86. The Morgan fingerprint density at radius 1 is 1.00 bits per heavy atom. The maximum Gasteiger partial charge on any atom is 0.237 e. The molecule has 2 heterocycles. The van der Waals surface area contributed by atoms with Crippen molar-refractivity contribution in [1.29, 1.82) is 0 Å². The van der Waals surface area contributed by atoms with Crippen molar-refractivity contribution in [2.45, 2.75) is 26.1 Å². The third-order valence-electron chi connectivity index (χ3n) is 4.60. The van der Waals surface area contributed by atoms with Crippen LogP contribution in [-0.4, -0.2) is 29.3 Å². The van der Waals surface area contributed by atoms with Crippen LogP contribution in [0.15, 0.2) is 69.9 Å². The van der Waals surface area contributed by atoms with E-state index in [0.29, 0.717) is 13.1 Å². The molecule has 142 valence electrons. The fraction of sp³-hybridized carbons (Fsp3) is 0.286. The van der Waals surface area contributed by atoms with Crippen LogP contribution in [0, 0.1) is 5.82 Å². The molecule has 2 aromatic heterocycles. The van der Waals surface area contributed by atoms with Gasteiger partial charge in [-0.3, -0.25) is 9.69 Å². The van der Waals surface area contributed by atoms with Gasteiger partial charge in [0.05, 0.1) is 38.2 Å². The van der Waals surface area contributed by atoms with Crippen LogP contribution in [0.1, 0.15) is 30.0 Å². The first-order valence-electron chi connectivity index (χ1n) is 8.81. The summed E-state index contributed by atoms with van der Waals surface area (Å²) in [5.74, 6) is 1.24. The van der Waals surface area contributed by atoms with Gasteiger partial charge in [0.15, 0.2) is 0 Å². The lowest BCUT2D eigenvalue weighted by molar-refractivity contribution is -0.133. The molecule has 1 unspecified atom stereocenters. The number of amides is 1. The molecule has 0 bridgehead atoms. The topological polar surface area (TPSA) is 49.8 Å². The first-order valence-corrected chi connectivity index (χ1v) is 8.81. The molecule has 0 saturated heterocycles. The smallest absolute Gasteiger partial charge is 0.237 e. The van der Waals surface area contributed by atoms with Gasteiger partial charge >= 0.3 is 0 Å². The van der Waals surface area contributed by atoms with Crippen molar-refractivity contribution in [1.82, 2.24) is 9.80 Å². The number of furan rings is 2. The summed E-state index contributed by atoms with van der Waals surface area (Å²) in [4.78, 5) is 16.5. The van der Waals surface area contributed by atoms with Gasteiger partial charge in [0.1, 0.15) is 17.3 Å². The summed E-state index contributed by atoms with van der Waals surface area (Å²) in [5, 5.41) is 0. The van der Waals surface area contributed by atoms with Crippen molar-refractivity contribution < 1.29 is 18.0 Å². The van der Waals surface area contributed by atoms with Crippen molar-refractivity contribution in [2.24, 2.45) is 0 Å². The highest BCUT2D eigenvalue weighted by molar-refractivity contribution is 5.78. The third-order valence-corrected chi connectivity index (χ3v) is 4.60. The van der Waals surface area contributed by atoms with Crippen molar-refractivity contribution in [2.75, 3.05) is 13.6 Å². The van der Waals surface area contributed by atoms with E-state index in [9.17, 15) is 9.18 Å². The van der Waals surface area contributed by atoms with Gasteiger partial charge in [-0.2, -0.15) is 0 Å². The second-order valence-electron chi connectivity index (χ2n) is 6.54. The van der Waals surface area contributed by atoms with Gasteiger partial charge < -0.3 is 13.7 Å². The van der Waals surface area contributed by atoms with Gasteiger partial charge in [-0.1, -0.05) is 12.1 Å². The largest absolute Gasteiger partial charge is 0.468 e. The number of benzene rings is 1. The van der Waals surface area contributed by atoms with Gasteiger partial charge in [-0.15, -0.1) is 0 Å². The Bertz CT molecular complexity index is 793. The van der Waals surface area contributed by atoms with Crippen LogP contribution >= 0.6 is 0 Å². The molecule has 0 aliphatic heterocycles. The molecule has 3 rings (SSSR count). The highest BCUT2D eigenvalue weighted by Gasteiger charge is 2.21. The summed E-state index contributed by atoms with van der Waals surface area (Å²) in [5.41, 5.74) is 0.885. The van der Waals surface area contributed by atoms with E-state index in [4.69, 9.17) is 8.83 Å². The van der Waals surface area contributed by atoms with Crippen LogP contribution in [-0.2, 0) is 17.9 Å². The van der Waals surface area contributed by atoms with Crippen LogP contribution in [0.25, 0.3) is 0 Å². The summed E-state index contributed by atoms with van der Waals surface area (Å²) in [6, 6.07) is 13.5. The van der Waals surface area contributed by atoms with Gasteiger partial charge in [0.25, 0.3) is 0 Å². The number of hydrogen-bond donors (Lipinski definition) is 0. The molecule has 0 N–H and O–H groups in total. The van der Waals surface area contributed by atoms with Gasteiger partial charge in [-0.05, 0) is 48.9 Å². The number of halogens is 1. The van der Waals surface area contributed by atoms with Crippen molar-refractivity contribution in [3.63, 3.8) is 0 Å². The molecular weight excluding hydrogens is 347 g/mol. The summed E-state index contributed by atoms with van der Waals surface area (Å²) in [7, 11) is 1.76. The van der Waals surface area contributed by atoms with Crippen molar-refractivity contribution in [3.8, 4) is 0 Å². The van der Waals surface area contributed by atoms with Crippen molar-refractivity contribution >= 4 is 5.91 Å². The van der Waals surface area contributed by atoms with E-state index in [-0.39, 0.29) is 24.3 Å². The molecule has 5 nitrogen and oxygen atoms in total. The lowest BCUT2D eigenvalue weighted by Gasteiger charge is -2.28. The number of carbonyl (C=O) groups excluding carboxylic acids is 1. The molecule has 1 amide bonds. The number of nitrogens with zero attached hydrogens (tertiary/aromatic N) is 2. The molecule has 27 heavy (non-hydrogen) atoms. The Balaban J connectivity index is 1.67. The maximum atomic E-state index is 13.1. The minimum Gasteiger partial charge on any atom is -0.468 e. The van der Waals surface area contributed by atoms with E-state index >= 15 is 0 Å². The Morgan fingerprint density at radius 2 is 1.56 bits per heavy atom. The Labute approximate surface area is 158 Å². The number of carbonyl (C=O) groups is 1. The zero-order valence-corrected chi connectivity index (χ0v) is 15.5. The SMILES string of the molecule is CC(c1ccc(F)cc1)N(C)C(=O)CN(Cc1ccco1)Cc1ccco1. The van der Waals surface area contributed by atoms with Gasteiger partial charge in [0.2, 0.25) is 5.91 Å². The van der Waals surface area contributed by atoms with E-state index in [1.807, 2.05) is 36.1 Å². The summed E-state index contributed by atoms with van der Waals surface area (Å²) < 4.78 is 24.0. The number of likely N-dealkylation sites (N-methyl/N-ethyl adjacent to an activating group) is 1. The number of rotatable bonds is 8. The molecule has 0 spiro atoms. The monoisotopic (exact) mass is 370 g/mol. The zero-order chi connectivity index (χ0) is 19.2. The van der Waals surface area contributed by atoms with Crippen LogP contribution in [0.3, 0.4) is 0 Å². The third kappa shape index (κ3) is 5.08. The zero-order valence-electron chi connectivity index (χ0n) is 15.5. The quantitative estimate of drug-likeness (QED) is 0.595. The standard InChI is InChI=1S/C21H23FN2O3/c1-16(17-7-9-18(22)10-8-17)23(2)21(25)15-24(13-19-5-3-11-26-19)14-20-6-4-12-27-20/h3-12,16H,13-15H2,1-2H3. The first kappa shape index (κ1) is 18.9. The minimum atomic E-state index is -0.289. The molecule has 6 heteroatoms. The Kier molecular flexibility index (Phi) is 6.08. The summed E-state index contributed by atoms with van der Waals surface area (Å²) in [6.45, 7) is 3.13. The summed E-state index contributed by atoms with van der Waals surface area (Å²) >= 11 is 0. The summed E-state index contributed by atoms with van der Waals surface area (Å²) in [6.07, 6.45) is 3.23. The fourth-order valence-electron chi connectivity index (χ4n) is 2.90. The van der Waals surface area contributed by atoms with Crippen LogP contribution in [0.2, 0.25) is 0 Å². The minimum absolute atomic E-state index is 0.0371. The highest BCUT2D eigenvalue weighted by atomic mass is 19.1. The second-order valence-corrected chi connectivity index (χ2v) is 6.54. The predicted octanol–water partition coefficient (Wildman–Crippen LogP) is 4.23. The van der Waals surface area contributed by atoms with Crippen LogP contribution in [0.5, 0.6) is 0 Å². The molecule has 0 saturated carbocycles. The Morgan fingerprint density at radius 3 is 2.04 bits per heavy atom. The first-order chi connectivity index (χ1) is 13.0. The fourth-order valence-corrected chi connectivity index (χ4v) is 2.90. The lowest BCUT2D eigenvalue weighted by Crippen LogP contribution is -2.39. The van der Waals surface area contributed by atoms with E-state index in [0.717, 1.165) is 17.1 Å². The van der Waals surface area contributed by atoms with E-state index < -0.39 is 0 Å². The molecule has 0 radical (unpaired) electrons. The second kappa shape index (κ2) is 8.68. The van der Waals surface area contributed by atoms with Gasteiger partial charge in [0, 0.05) is 7.05 Å². The van der Waals surface area contributed by atoms with Crippen LogP contribution in [0.4, 0.5) is 4.39 Å².